The van der Waals surface area contributed by atoms with E-state index >= 15 is 0 Å². The van der Waals surface area contributed by atoms with Crippen molar-refractivity contribution < 1.29 is 14.1 Å². The zero-order chi connectivity index (χ0) is 18.3. The molecule has 1 aromatic carbocycles. The molecule has 0 aliphatic carbocycles. The molecule has 26 heavy (non-hydrogen) atoms. The average molecular weight is 354 g/mol. The molecule has 1 unspecified atom stereocenters. The van der Waals surface area contributed by atoms with E-state index in [9.17, 15) is 4.79 Å². The maximum atomic E-state index is 12.4. The number of fused-ring (bicyclic) bond motifs is 1. The van der Waals surface area contributed by atoms with Gasteiger partial charge >= 0.3 is 6.09 Å². The summed E-state index contributed by atoms with van der Waals surface area (Å²) in [6.07, 6.45) is 3.23. The van der Waals surface area contributed by atoms with Crippen LogP contribution in [0.15, 0.2) is 35.0 Å². The van der Waals surface area contributed by atoms with Crippen molar-refractivity contribution in [3.05, 3.63) is 36.4 Å². The van der Waals surface area contributed by atoms with Gasteiger partial charge in [-0.2, -0.15) is 4.98 Å². The minimum Gasteiger partial charge on any atom is -0.444 e. The Morgan fingerprint density at radius 2 is 2.19 bits per heavy atom. The van der Waals surface area contributed by atoms with E-state index in [-0.39, 0.29) is 12.1 Å². The summed E-state index contributed by atoms with van der Waals surface area (Å²) in [5.74, 6) is 0.975. The highest BCUT2D eigenvalue weighted by atomic mass is 16.6. The Bertz CT molecular complexity index is 938. The summed E-state index contributed by atoms with van der Waals surface area (Å²) in [6, 6.07) is 7.74. The van der Waals surface area contributed by atoms with Gasteiger partial charge in [0.1, 0.15) is 11.6 Å². The summed E-state index contributed by atoms with van der Waals surface area (Å²) in [4.78, 5) is 21.8. The number of nitrogens with zero attached hydrogens (tertiary/aromatic N) is 3. The van der Waals surface area contributed by atoms with Crippen LogP contribution in [0.25, 0.3) is 22.3 Å². The minimum atomic E-state index is -0.532. The SMILES string of the molecule is CC(C)(C)OC(=O)N1CCCC1c1nc(-c2ccc3cc[nH]c3c2)no1. The monoisotopic (exact) mass is 354 g/mol. The van der Waals surface area contributed by atoms with Gasteiger partial charge < -0.3 is 14.2 Å². The lowest BCUT2D eigenvalue weighted by atomic mass is 10.1. The molecule has 1 aliphatic rings. The molecular weight excluding hydrogens is 332 g/mol. The molecule has 1 saturated heterocycles. The molecule has 0 saturated carbocycles. The Labute approximate surface area is 151 Å². The van der Waals surface area contributed by atoms with Crippen LogP contribution in [0, 0.1) is 0 Å². The van der Waals surface area contributed by atoms with Crippen LogP contribution in [0.2, 0.25) is 0 Å². The van der Waals surface area contributed by atoms with Crippen LogP contribution in [-0.4, -0.2) is 38.3 Å². The van der Waals surface area contributed by atoms with Crippen molar-refractivity contribution in [2.24, 2.45) is 0 Å². The number of H-pyrrole nitrogens is 1. The van der Waals surface area contributed by atoms with Gasteiger partial charge in [-0.25, -0.2) is 4.79 Å². The van der Waals surface area contributed by atoms with Crippen molar-refractivity contribution in [2.75, 3.05) is 6.54 Å². The Kier molecular flexibility index (Phi) is 3.94. The van der Waals surface area contributed by atoms with E-state index in [0.717, 1.165) is 29.3 Å². The van der Waals surface area contributed by atoms with Gasteiger partial charge in [0.2, 0.25) is 11.7 Å². The van der Waals surface area contributed by atoms with Crippen LogP contribution in [0.3, 0.4) is 0 Å². The van der Waals surface area contributed by atoms with Gasteiger partial charge in [0, 0.05) is 23.8 Å². The first-order valence-corrected chi connectivity index (χ1v) is 8.81. The van der Waals surface area contributed by atoms with Crippen LogP contribution in [0.4, 0.5) is 4.79 Å². The first-order chi connectivity index (χ1) is 12.4. The van der Waals surface area contributed by atoms with Crippen molar-refractivity contribution in [3.63, 3.8) is 0 Å². The average Bonchev–Trinajstić information content (AvgIpc) is 3.31. The third kappa shape index (κ3) is 3.16. The summed E-state index contributed by atoms with van der Waals surface area (Å²) in [6.45, 7) is 6.21. The van der Waals surface area contributed by atoms with E-state index < -0.39 is 5.60 Å². The van der Waals surface area contributed by atoms with E-state index in [0.29, 0.717) is 18.3 Å². The van der Waals surface area contributed by atoms with Gasteiger partial charge in [0.25, 0.3) is 0 Å². The number of hydrogen-bond donors (Lipinski definition) is 1. The molecule has 0 bridgehead atoms. The predicted octanol–water partition coefficient (Wildman–Crippen LogP) is 4.29. The standard InChI is InChI=1S/C19H22N4O3/c1-19(2,3)25-18(24)23-10-4-5-15(23)17-21-16(22-26-17)13-7-6-12-8-9-20-14(12)11-13/h6-9,11,15,20H,4-5,10H2,1-3H3. The summed E-state index contributed by atoms with van der Waals surface area (Å²) < 4.78 is 11.0. The fourth-order valence-electron chi connectivity index (χ4n) is 3.24. The van der Waals surface area contributed by atoms with E-state index in [1.807, 2.05) is 51.2 Å². The lowest BCUT2D eigenvalue weighted by molar-refractivity contribution is 0.0199. The summed E-state index contributed by atoms with van der Waals surface area (Å²) >= 11 is 0. The number of aromatic nitrogens is 3. The Morgan fingerprint density at radius 1 is 1.35 bits per heavy atom. The number of hydrogen-bond acceptors (Lipinski definition) is 5. The Hall–Kier alpha value is -2.83. The van der Waals surface area contributed by atoms with Gasteiger partial charge in [0.05, 0.1) is 0 Å². The molecule has 4 rings (SSSR count). The van der Waals surface area contributed by atoms with E-state index in [2.05, 4.69) is 15.1 Å². The number of likely N-dealkylation sites (tertiary alicyclic amines) is 1. The van der Waals surface area contributed by atoms with Gasteiger partial charge in [-0.1, -0.05) is 17.3 Å². The van der Waals surface area contributed by atoms with Crippen molar-refractivity contribution >= 4 is 17.0 Å². The maximum Gasteiger partial charge on any atom is 0.410 e. The van der Waals surface area contributed by atoms with Gasteiger partial charge in [-0.3, -0.25) is 4.90 Å². The third-order valence-electron chi connectivity index (χ3n) is 4.42. The quantitative estimate of drug-likeness (QED) is 0.742. The molecule has 7 heteroatoms. The van der Waals surface area contributed by atoms with E-state index in [4.69, 9.17) is 9.26 Å². The molecule has 136 valence electrons. The highest BCUT2D eigenvalue weighted by molar-refractivity contribution is 5.83. The molecule has 1 N–H and O–H groups in total. The zero-order valence-electron chi connectivity index (χ0n) is 15.2. The number of benzene rings is 1. The first kappa shape index (κ1) is 16.6. The van der Waals surface area contributed by atoms with Crippen LogP contribution < -0.4 is 0 Å². The fraction of sp³-hybridized carbons (Fsp3) is 0.421. The number of ether oxygens (including phenoxy) is 1. The third-order valence-corrected chi connectivity index (χ3v) is 4.42. The largest absolute Gasteiger partial charge is 0.444 e. The fourth-order valence-corrected chi connectivity index (χ4v) is 3.24. The summed E-state index contributed by atoms with van der Waals surface area (Å²) in [5, 5.41) is 5.24. The molecule has 1 aliphatic heterocycles. The van der Waals surface area contributed by atoms with Crippen molar-refractivity contribution in [1.82, 2.24) is 20.0 Å². The second-order valence-electron chi connectivity index (χ2n) is 7.57. The summed E-state index contributed by atoms with van der Waals surface area (Å²) in [7, 11) is 0. The van der Waals surface area contributed by atoms with Crippen LogP contribution in [0.5, 0.6) is 0 Å². The number of rotatable bonds is 2. The topological polar surface area (TPSA) is 84.2 Å². The normalized spacial score (nSPS) is 17.8. The van der Waals surface area contributed by atoms with E-state index in [1.54, 1.807) is 4.90 Å². The smallest absolute Gasteiger partial charge is 0.410 e. The molecule has 1 atom stereocenters. The van der Waals surface area contributed by atoms with E-state index in [1.165, 1.54) is 0 Å². The van der Waals surface area contributed by atoms with Gasteiger partial charge in [-0.05, 0) is 51.1 Å². The highest BCUT2D eigenvalue weighted by Crippen LogP contribution is 2.33. The van der Waals surface area contributed by atoms with Crippen LogP contribution in [0.1, 0.15) is 45.5 Å². The summed E-state index contributed by atoms with van der Waals surface area (Å²) in [5.41, 5.74) is 1.36. The number of aromatic amines is 1. The lowest BCUT2D eigenvalue weighted by Crippen LogP contribution is -2.36. The van der Waals surface area contributed by atoms with Gasteiger partial charge in [0.15, 0.2) is 0 Å². The van der Waals surface area contributed by atoms with Crippen LogP contribution >= 0.6 is 0 Å². The second kappa shape index (κ2) is 6.16. The number of nitrogens with one attached hydrogen (secondary N) is 1. The molecule has 3 aromatic rings. The molecule has 1 amide bonds. The molecule has 0 radical (unpaired) electrons. The number of amides is 1. The van der Waals surface area contributed by atoms with Crippen molar-refractivity contribution in [2.45, 2.75) is 45.3 Å². The molecule has 3 heterocycles. The molecule has 0 spiro atoms. The molecular formula is C19H22N4O3. The molecule has 2 aromatic heterocycles. The lowest BCUT2D eigenvalue weighted by Gasteiger charge is -2.26. The van der Waals surface area contributed by atoms with Crippen LogP contribution in [-0.2, 0) is 4.74 Å². The second-order valence-corrected chi connectivity index (χ2v) is 7.57. The first-order valence-electron chi connectivity index (χ1n) is 8.81. The predicted molar refractivity (Wildman–Crippen MR) is 96.5 cm³/mol. The van der Waals surface area contributed by atoms with Crippen molar-refractivity contribution in [3.8, 4) is 11.4 Å². The highest BCUT2D eigenvalue weighted by Gasteiger charge is 2.36. The molecule has 1 fully saturated rings. The molecule has 7 nitrogen and oxygen atoms in total. The van der Waals surface area contributed by atoms with Gasteiger partial charge in [-0.15, -0.1) is 0 Å². The Morgan fingerprint density at radius 3 is 3.00 bits per heavy atom. The number of carbonyl (C=O) groups is 1. The van der Waals surface area contributed by atoms with Crippen molar-refractivity contribution in [1.29, 1.82) is 0 Å². The minimum absolute atomic E-state index is 0.236. The maximum absolute atomic E-state index is 12.4. The zero-order valence-corrected chi connectivity index (χ0v) is 15.2. The Balaban J connectivity index is 1.57. The number of carbonyl (C=O) groups excluding carboxylic acids is 1.